The predicted octanol–water partition coefficient (Wildman–Crippen LogP) is 1.75. The van der Waals surface area contributed by atoms with Crippen molar-refractivity contribution in [3.8, 4) is 0 Å². The minimum atomic E-state index is -1.63. The lowest BCUT2D eigenvalue weighted by atomic mass is 9.73. The van der Waals surface area contributed by atoms with E-state index < -0.39 is 98.1 Å². The topological polar surface area (TPSA) is 260 Å². The van der Waals surface area contributed by atoms with Gasteiger partial charge >= 0.3 is 0 Å². The van der Waals surface area contributed by atoms with E-state index in [4.69, 9.17) is 23.7 Å². The smallest absolute Gasteiger partial charge is 0.251 e. The number of aliphatic hydroxyl groups is 5. The van der Waals surface area contributed by atoms with Gasteiger partial charge in [0.15, 0.2) is 12.6 Å². The molecule has 3 aliphatic heterocycles. The highest BCUT2D eigenvalue weighted by Crippen LogP contribution is 2.41. The molecule has 3 amide bonds. The van der Waals surface area contributed by atoms with Gasteiger partial charge in [0.1, 0.15) is 60.3 Å². The van der Waals surface area contributed by atoms with Crippen LogP contribution in [0.3, 0.4) is 0 Å². The van der Waals surface area contributed by atoms with Crippen LogP contribution in [0.15, 0.2) is 24.3 Å². The number of aryl methyl sites for hydroxylation is 1. The average Bonchev–Trinajstić information content (AvgIpc) is 3.29. The van der Waals surface area contributed by atoms with E-state index in [1.807, 2.05) is 31.2 Å². The average molecular weight is 946 g/mol. The highest BCUT2D eigenvalue weighted by molar-refractivity contribution is 5.83. The molecule has 0 aromatic heterocycles. The van der Waals surface area contributed by atoms with Crippen molar-refractivity contribution in [3.05, 3.63) is 35.4 Å². The van der Waals surface area contributed by atoms with E-state index in [-0.39, 0.29) is 60.9 Å². The summed E-state index contributed by atoms with van der Waals surface area (Å²) < 4.78 is 32.2. The molecule has 0 spiro atoms. The second-order valence-corrected chi connectivity index (χ2v) is 19.5. The van der Waals surface area contributed by atoms with E-state index >= 15 is 0 Å². The third-order valence-electron chi connectivity index (χ3n) is 14.5. The van der Waals surface area contributed by atoms with Gasteiger partial charge in [0.2, 0.25) is 11.8 Å². The number of hydrogen-bond acceptors (Lipinski definition) is 15. The summed E-state index contributed by atoms with van der Waals surface area (Å²) in [5.74, 6) is -1.66. The van der Waals surface area contributed by atoms with Crippen LogP contribution >= 0.6 is 0 Å². The van der Waals surface area contributed by atoms with Crippen LogP contribution in [-0.2, 0) is 60.6 Å². The van der Waals surface area contributed by atoms with Crippen LogP contribution < -0.4 is 10.6 Å². The molecule has 67 heavy (non-hydrogen) atoms. The number of amides is 3. The fraction of sp³-hybridized carbons (Fsp3) is 0.776. The summed E-state index contributed by atoms with van der Waals surface area (Å²) in [6.07, 6.45) is -6.76. The first kappa shape index (κ1) is 52.9. The number of ether oxygens (including phenoxy) is 5. The number of aliphatic hydroxyl groups excluding tert-OH is 5. The number of nitrogens with zero attached hydrogens (tertiary/aromatic N) is 1. The van der Waals surface area contributed by atoms with Gasteiger partial charge in [-0.1, -0.05) is 69.7 Å². The number of carbonyl (C=O) groups excluding carboxylic acids is 5. The molecule has 6 unspecified atom stereocenters. The summed E-state index contributed by atoms with van der Waals surface area (Å²) in [6.45, 7) is 7.05. The van der Waals surface area contributed by atoms with E-state index in [9.17, 15) is 49.5 Å². The molecular formula is C49H75N3O15. The van der Waals surface area contributed by atoms with Crippen LogP contribution in [0.2, 0.25) is 0 Å². The monoisotopic (exact) mass is 946 g/mol. The molecule has 5 aliphatic rings. The fourth-order valence-electron chi connectivity index (χ4n) is 10.2. The normalized spacial score (nSPS) is 34.1. The highest BCUT2D eigenvalue weighted by Gasteiger charge is 2.53. The maximum absolute atomic E-state index is 14.2. The summed E-state index contributed by atoms with van der Waals surface area (Å²) in [5, 5.41) is 60.3. The molecule has 7 N–H and O–H groups in total. The molecule has 15 atom stereocenters. The minimum Gasteiger partial charge on any atom is -0.394 e. The van der Waals surface area contributed by atoms with Crippen LogP contribution in [0, 0.1) is 17.8 Å². The molecule has 18 nitrogen and oxygen atoms in total. The highest BCUT2D eigenvalue weighted by atomic mass is 16.7. The Morgan fingerprint density at radius 1 is 0.806 bits per heavy atom. The number of nitrogens with one attached hydrogen (secondary N) is 2. The third kappa shape index (κ3) is 14.1. The van der Waals surface area contributed by atoms with Gasteiger partial charge in [0.25, 0.3) is 5.91 Å². The summed E-state index contributed by atoms with van der Waals surface area (Å²) in [4.78, 5) is 66.3. The standard InChI is InChI=1S/C49H75N3O15/c1-5-33-23-34(35(56)18-17-30-13-15-32(16-14-30)25-50-39(57)19-12-27(2)54)24-36(45(33)67-49-44(61)43(60)41(58)28(3)63-49)65-48-40(51-29(4)55)46(42(59)38(26-53)66-48)64-37(47(62)52-20-9-21-52)22-31-10-7-6-8-11-31/h13-16,28,31,33-34,36-38,40-46,48-49,53,58-61H,5-12,17-26H2,1-4H3,(H,50,57)(H,51,55)/t28?,33?,34?,36-,37+,38+,40?,41-,42+,43+,44?,45-,46?,48-,49+/m1/s1. The molecule has 1 aromatic rings. The van der Waals surface area contributed by atoms with Crippen molar-refractivity contribution in [3.63, 3.8) is 0 Å². The van der Waals surface area contributed by atoms with Gasteiger partial charge in [-0.2, -0.15) is 0 Å². The van der Waals surface area contributed by atoms with Crippen molar-refractivity contribution in [2.75, 3.05) is 19.7 Å². The molecule has 18 heteroatoms. The maximum atomic E-state index is 14.2. The lowest BCUT2D eigenvalue weighted by molar-refractivity contribution is -0.338. The number of carbonyl (C=O) groups is 5. The lowest BCUT2D eigenvalue weighted by Crippen LogP contribution is -2.67. The molecule has 376 valence electrons. The van der Waals surface area contributed by atoms with Crippen LogP contribution in [0.5, 0.6) is 0 Å². The molecule has 1 aromatic carbocycles. The van der Waals surface area contributed by atoms with E-state index in [0.717, 1.165) is 49.7 Å². The van der Waals surface area contributed by atoms with Crippen LogP contribution in [-0.4, -0.2) is 159 Å². The van der Waals surface area contributed by atoms with E-state index in [1.165, 1.54) is 13.8 Å². The first-order valence-corrected chi connectivity index (χ1v) is 24.6. The number of hydrogen-bond donors (Lipinski definition) is 7. The fourth-order valence-corrected chi connectivity index (χ4v) is 10.2. The van der Waals surface area contributed by atoms with Crippen molar-refractivity contribution in [1.82, 2.24) is 15.5 Å². The molecule has 2 saturated carbocycles. The molecular weight excluding hydrogens is 871 g/mol. The van der Waals surface area contributed by atoms with Gasteiger partial charge in [0, 0.05) is 51.7 Å². The van der Waals surface area contributed by atoms with E-state index in [1.54, 1.807) is 11.8 Å². The van der Waals surface area contributed by atoms with Crippen LogP contribution in [0.4, 0.5) is 0 Å². The summed E-state index contributed by atoms with van der Waals surface area (Å²) in [5.41, 5.74) is 1.78. The quantitative estimate of drug-likeness (QED) is 0.0927. The van der Waals surface area contributed by atoms with Gasteiger partial charge in [-0.25, -0.2) is 0 Å². The number of benzene rings is 1. The van der Waals surface area contributed by atoms with Gasteiger partial charge in [-0.05, 0) is 68.9 Å². The Kier molecular flexibility index (Phi) is 19.7. The summed E-state index contributed by atoms with van der Waals surface area (Å²) in [7, 11) is 0. The van der Waals surface area contributed by atoms with Crippen LogP contribution in [0.1, 0.15) is 122 Å². The number of likely N-dealkylation sites (tertiary alicyclic amines) is 1. The van der Waals surface area contributed by atoms with Gasteiger partial charge in [0.05, 0.1) is 24.9 Å². The zero-order valence-corrected chi connectivity index (χ0v) is 39.5. The van der Waals surface area contributed by atoms with Crippen molar-refractivity contribution in [1.29, 1.82) is 0 Å². The predicted molar refractivity (Wildman–Crippen MR) is 241 cm³/mol. The Hall–Kier alpha value is -3.43. The molecule has 2 aliphatic carbocycles. The van der Waals surface area contributed by atoms with Crippen LogP contribution in [0.25, 0.3) is 0 Å². The van der Waals surface area contributed by atoms with Gasteiger partial charge in [-0.3, -0.25) is 19.2 Å². The Morgan fingerprint density at radius 3 is 2.13 bits per heavy atom. The molecule has 0 bridgehead atoms. The first-order valence-electron chi connectivity index (χ1n) is 24.6. The number of rotatable bonds is 21. The molecule has 6 rings (SSSR count). The Morgan fingerprint density at radius 2 is 1.51 bits per heavy atom. The van der Waals surface area contributed by atoms with Gasteiger partial charge < -0.3 is 69.5 Å². The third-order valence-corrected chi connectivity index (χ3v) is 14.5. The van der Waals surface area contributed by atoms with Crippen molar-refractivity contribution < 1.29 is 73.2 Å². The Balaban J connectivity index is 1.23. The van der Waals surface area contributed by atoms with E-state index in [2.05, 4.69) is 10.6 Å². The maximum Gasteiger partial charge on any atom is 0.251 e. The summed E-state index contributed by atoms with van der Waals surface area (Å²) in [6, 6.07) is 6.37. The molecule has 5 fully saturated rings. The first-order chi connectivity index (χ1) is 32.1. The summed E-state index contributed by atoms with van der Waals surface area (Å²) >= 11 is 0. The van der Waals surface area contributed by atoms with E-state index in [0.29, 0.717) is 45.3 Å². The Bertz CT molecular complexity index is 1790. The zero-order valence-electron chi connectivity index (χ0n) is 39.5. The number of ketones is 2. The Labute approximate surface area is 393 Å². The van der Waals surface area contributed by atoms with Crippen molar-refractivity contribution in [2.24, 2.45) is 17.8 Å². The zero-order chi connectivity index (χ0) is 48.4. The minimum absolute atomic E-state index is 0.0312. The lowest BCUT2D eigenvalue weighted by Gasteiger charge is -2.49. The molecule has 3 saturated heterocycles. The molecule has 0 radical (unpaired) electrons. The SMILES string of the molecule is CCC1CC(C(=O)CCc2ccc(CNC(=O)CCC(C)=O)cc2)C[C@@H](O[C@@H]2O[C@@H](CO)[C@H](O)C(O[C@@H](CC3CCCCC3)C(=O)N3CCC3)C2NC(C)=O)[C@@H]1O[C@@H]1OC(C)[C@@H](O)[C@H](O)C1O. The van der Waals surface area contributed by atoms with Gasteiger partial charge in [-0.15, -0.1) is 0 Å². The largest absolute Gasteiger partial charge is 0.394 e. The second kappa shape index (κ2) is 24.9. The molecule has 3 heterocycles. The second-order valence-electron chi connectivity index (χ2n) is 19.5. The van der Waals surface area contributed by atoms with Crippen molar-refractivity contribution >= 4 is 29.3 Å². The number of Topliss-reactive ketones (excluding diaryl/α,β-unsaturated/α-hetero) is 2. The van der Waals surface area contributed by atoms with Crippen molar-refractivity contribution in [2.45, 2.75) is 204 Å².